The van der Waals surface area contributed by atoms with Crippen molar-refractivity contribution < 1.29 is 56.2 Å². The number of allylic oxidation sites excluding steroid dienone is 12. The van der Waals surface area contributed by atoms with Gasteiger partial charge >= 0.3 is 16.4 Å². The minimum atomic E-state index is -5.07. The second-order valence-electron chi connectivity index (χ2n) is 19.5. The summed E-state index contributed by atoms with van der Waals surface area (Å²) in [7, 11) is -5.07. The predicted molar refractivity (Wildman–Crippen MR) is 294 cm³/mol. The molecule has 1 rings (SSSR count). The van der Waals surface area contributed by atoms with Crippen LogP contribution in [0.5, 0.6) is 0 Å². The summed E-state index contributed by atoms with van der Waals surface area (Å²) < 4.78 is 59.4. The van der Waals surface area contributed by atoms with Crippen LogP contribution in [-0.4, -0.2) is 97.5 Å². The van der Waals surface area contributed by atoms with E-state index in [1.807, 2.05) is 0 Å². The molecule has 0 aromatic heterocycles. The van der Waals surface area contributed by atoms with Crippen molar-refractivity contribution in [2.45, 2.75) is 269 Å². The molecule has 0 aliphatic carbocycles. The molecule has 418 valence electrons. The first-order chi connectivity index (χ1) is 35.1. The summed E-state index contributed by atoms with van der Waals surface area (Å²) in [4.78, 5) is 13.0. The Morgan fingerprint density at radius 2 is 0.958 bits per heavy atom. The van der Waals surface area contributed by atoms with Crippen LogP contribution in [0.2, 0.25) is 0 Å². The van der Waals surface area contributed by atoms with Crippen LogP contribution in [-0.2, 0) is 38.3 Å². The van der Waals surface area contributed by atoms with Crippen molar-refractivity contribution in [3.8, 4) is 0 Å². The molecule has 13 heteroatoms. The molecule has 1 saturated heterocycles. The Balaban J connectivity index is 2.30. The van der Waals surface area contributed by atoms with E-state index in [0.717, 1.165) is 77.0 Å². The minimum Gasteiger partial charge on any atom is -0.457 e. The Morgan fingerprint density at radius 3 is 1.42 bits per heavy atom. The van der Waals surface area contributed by atoms with Gasteiger partial charge in [-0.2, -0.15) is 8.42 Å². The highest BCUT2D eigenvalue weighted by atomic mass is 32.3. The molecule has 72 heavy (non-hydrogen) atoms. The summed E-state index contributed by atoms with van der Waals surface area (Å²) in [6.45, 7) is 3.88. The molecule has 0 amide bonds. The van der Waals surface area contributed by atoms with Gasteiger partial charge < -0.3 is 34.3 Å². The Morgan fingerprint density at radius 1 is 0.542 bits per heavy atom. The van der Waals surface area contributed by atoms with E-state index in [9.17, 15) is 33.1 Å². The van der Waals surface area contributed by atoms with Gasteiger partial charge in [0, 0.05) is 13.0 Å². The summed E-state index contributed by atoms with van der Waals surface area (Å²) in [5.41, 5.74) is 0. The van der Waals surface area contributed by atoms with E-state index in [-0.39, 0.29) is 19.6 Å². The lowest BCUT2D eigenvalue weighted by Crippen LogP contribution is -2.60. The Kier molecular flexibility index (Phi) is 46.4. The van der Waals surface area contributed by atoms with Crippen LogP contribution in [0.4, 0.5) is 0 Å². The third-order valence-corrected chi connectivity index (χ3v) is 13.3. The zero-order chi connectivity index (χ0) is 52.4. The Hall–Kier alpha value is -2.46. The molecule has 1 aliphatic heterocycles. The van der Waals surface area contributed by atoms with Gasteiger partial charge in [0.25, 0.3) is 0 Å². The summed E-state index contributed by atoms with van der Waals surface area (Å²) >= 11 is 0. The number of carbonyl (C=O) groups excluding carboxylic acids is 1. The quantitative estimate of drug-likeness (QED) is 0.0196. The van der Waals surface area contributed by atoms with Crippen LogP contribution in [0.15, 0.2) is 72.9 Å². The number of hydrogen-bond donors (Lipinski definition) is 4. The number of unbranched alkanes of at least 4 members (excludes halogenated alkanes) is 25. The van der Waals surface area contributed by atoms with Crippen molar-refractivity contribution in [1.29, 1.82) is 0 Å². The van der Waals surface area contributed by atoms with E-state index in [1.54, 1.807) is 0 Å². The topological polar surface area (TPSA) is 178 Å². The SMILES string of the molecule is CC/C=C\C/C=C\C/C=C\C/C=C\C/C=C\CCCCCCCCCCCCOCC(COC1OC(CO)C(O)C(OS(=O)(=O)O)C1O)OC(=O)CCCCCCCCCCC/C=C\CCCCCCCC. The number of aliphatic hydroxyl groups is 3. The van der Waals surface area contributed by atoms with Crippen LogP contribution in [0.25, 0.3) is 0 Å². The maximum Gasteiger partial charge on any atom is 0.397 e. The van der Waals surface area contributed by atoms with Gasteiger partial charge in [-0.1, -0.05) is 215 Å². The van der Waals surface area contributed by atoms with Crippen molar-refractivity contribution in [3.63, 3.8) is 0 Å². The lowest BCUT2D eigenvalue weighted by atomic mass is 9.99. The third kappa shape index (κ3) is 41.8. The fourth-order valence-corrected chi connectivity index (χ4v) is 9.03. The summed E-state index contributed by atoms with van der Waals surface area (Å²) in [6.07, 6.45) is 56.5. The van der Waals surface area contributed by atoms with Gasteiger partial charge in [0.15, 0.2) is 6.29 Å². The van der Waals surface area contributed by atoms with E-state index in [2.05, 4.69) is 90.9 Å². The average Bonchev–Trinajstić information content (AvgIpc) is 3.36. The van der Waals surface area contributed by atoms with E-state index < -0.39 is 59.8 Å². The maximum atomic E-state index is 13.0. The highest BCUT2D eigenvalue weighted by Gasteiger charge is 2.48. The highest BCUT2D eigenvalue weighted by molar-refractivity contribution is 7.80. The Bertz CT molecular complexity index is 1520. The van der Waals surface area contributed by atoms with E-state index in [1.165, 1.54) is 128 Å². The van der Waals surface area contributed by atoms with E-state index in [4.69, 9.17) is 18.9 Å². The first kappa shape index (κ1) is 67.6. The van der Waals surface area contributed by atoms with Gasteiger partial charge in [0.2, 0.25) is 0 Å². The van der Waals surface area contributed by atoms with Crippen LogP contribution in [0.1, 0.15) is 232 Å². The molecule has 1 aliphatic rings. The number of hydrogen-bond acceptors (Lipinski definition) is 11. The molecule has 0 bridgehead atoms. The van der Waals surface area contributed by atoms with Gasteiger partial charge in [-0.15, -0.1) is 0 Å². The van der Waals surface area contributed by atoms with Crippen LogP contribution >= 0.6 is 0 Å². The largest absolute Gasteiger partial charge is 0.457 e. The molecule has 6 unspecified atom stereocenters. The molecule has 6 atom stereocenters. The fraction of sp³-hybridized carbons (Fsp3) is 0.780. The standard InChI is InChI=1S/C59H104O12S/c1-3-5-7-9-11-13-15-17-19-21-23-24-25-26-27-28-29-31-33-35-37-39-41-43-45-47-49-67-51-53(52-68-59-57(63)58(71-72(64,65)66)56(62)54(50-60)70-59)69-55(61)48-46-44-42-40-38-36-34-32-30-22-20-18-16-14-12-10-8-6-4-2/h5,7,11,13,17-20,23-24,26-27,53-54,56-60,62-63H,3-4,6,8-10,12,14-16,21-22,25,28-52H2,1-2H3,(H,64,65,66)/b7-5-,13-11-,19-17-,20-18-,24-23-,27-26-. The molecular weight excluding hydrogens is 933 g/mol. The van der Waals surface area contributed by atoms with Gasteiger partial charge in [0.05, 0.1) is 19.8 Å². The molecule has 0 radical (unpaired) electrons. The van der Waals surface area contributed by atoms with Gasteiger partial charge in [-0.3, -0.25) is 9.35 Å². The summed E-state index contributed by atoms with van der Waals surface area (Å²) in [5, 5.41) is 30.8. The maximum absolute atomic E-state index is 13.0. The van der Waals surface area contributed by atoms with Crippen molar-refractivity contribution in [1.82, 2.24) is 0 Å². The predicted octanol–water partition coefficient (Wildman–Crippen LogP) is 14.2. The van der Waals surface area contributed by atoms with Crippen molar-refractivity contribution in [2.75, 3.05) is 26.4 Å². The molecule has 1 fully saturated rings. The van der Waals surface area contributed by atoms with Gasteiger partial charge in [-0.25, -0.2) is 4.18 Å². The molecule has 1 heterocycles. The van der Waals surface area contributed by atoms with Crippen LogP contribution in [0, 0.1) is 0 Å². The molecule has 0 aromatic rings. The first-order valence-electron chi connectivity index (χ1n) is 28.7. The second kappa shape index (κ2) is 49.4. The molecule has 4 N–H and O–H groups in total. The summed E-state index contributed by atoms with van der Waals surface area (Å²) in [6, 6.07) is 0. The van der Waals surface area contributed by atoms with Crippen molar-refractivity contribution in [2.24, 2.45) is 0 Å². The number of ether oxygens (including phenoxy) is 4. The number of esters is 1. The second-order valence-corrected chi connectivity index (χ2v) is 20.5. The lowest BCUT2D eigenvalue weighted by Gasteiger charge is -2.41. The normalized spacial score (nSPS) is 19.4. The fourth-order valence-electron chi connectivity index (χ4n) is 8.52. The zero-order valence-corrected chi connectivity index (χ0v) is 46.0. The average molecular weight is 1040 g/mol. The summed E-state index contributed by atoms with van der Waals surface area (Å²) in [5.74, 6) is -0.403. The highest BCUT2D eigenvalue weighted by Crippen LogP contribution is 2.26. The molecule has 0 aromatic carbocycles. The number of carbonyl (C=O) groups is 1. The smallest absolute Gasteiger partial charge is 0.397 e. The van der Waals surface area contributed by atoms with Gasteiger partial charge in [-0.05, 0) is 83.5 Å². The monoisotopic (exact) mass is 1040 g/mol. The lowest BCUT2D eigenvalue weighted by molar-refractivity contribution is -0.301. The Labute approximate surface area is 439 Å². The number of rotatable bonds is 50. The molecule has 12 nitrogen and oxygen atoms in total. The van der Waals surface area contributed by atoms with Gasteiger partial charge in [0.1, 0.15) is 30.5 Å². The molecule has 0 spiro atoms. The third-order valence-electron chi connectivity index (χ3n) is 12.8. The molecular formula is C59H104O12S. The first-order valence-corrected chi connectivity index (χ1v) is 30.1. The molecule has 0 saturated carbocycles. The van der Waals surface area contributed by atoms with Crippen molar-refractivity contribution in [3.05, 3.63) is 72.9 Å². The van der Waals surface area contributed by atoms with Crippen LogP contribution < -0.4 is 0 Å². The van der Waals surface area contributed by atoms with Crippen molar-refractivity contribution >= 4 is 16.4 Å². The van der Waals surface area contributed by atoms with E-state index in [0.29, 0.717) is 13.0 Å². The zero-order valence-electron chi connectivity index (χ0n) is 45.2. The number of aliphatic hydroxyl groups excluding tert-OH is 3. The van der Waals surface area contributed by atoms with Crippen LogP contribution in [0.3, 0.4) is 0 Å². The van der Waals surface area contributed by atoms with E-state index >= 15 is 0 Å². The minimum absolute atomic E-state index is 0.0299.